The van der Waals surface area contributed by atoms with Crippen LogP contribution in [-0.4, -0.2) is 90.3 Å². The van der Waals surface area contributed by atoms with Crippen LogP contribution >= 0.6 is 0 Å². The molecule has 11 nitrogen and oxygen atoms in total. The second kappa shape index (κ2) is 43.1. The van der Waals surface area contributed by atoms with Gasteiger partial charge in [0.25, 0.3) is 23.9 Å². The molecular weight excluding hydrogens is 295 g/mol. The Bertz CT molecular complexity index is 164. The third-order valence-corrected chi connectivity index (χ3v) is 0. The fourth-order valence-electron chi connectivity index (χ4n) is 0. The topological polar surface area (TPSA) is 244 Å². The van der Waals surface area contributed by atoms with Crippen molar-refractivity contribution in [1.82, 2.24) is 0 Å². The number of carboxylic acid groups (broad SMARTS) is 4. The Morgan fingerprint density at radius 1 is 0.500 bits per heavy atom. The zero-order valence-electron chi connectivity index (χ0n) is 10.9. The predicted octanol–water partition coefficient (Wildman–Crippen LogP) is -2.76. The van der Waals surface area contributed by atoms with E-state index in [2.05, 4.69) is 0 Å². The molecule has 0 radical (unpaired) electrons. The molecule has 0 unspecified atom stereocenters. The average Bonchev–Trinajstić information content (AvgIpc) is 1.76. The van der Waals surface area contributed by atoms with Crippen molar-refractivity contribution < 1.29 is 56.0 Å². The van der Waals surface area contributed by atoms with E-state index in [9.17, 15) is 0 Å². The Hall–Kier alpha value is -1.24. The van der Waals surface area contributed by atoms with Crippen LogP contribution in [-0.2, 0) is 19.2 Å². The minimum absolute atomic E-state index is 0. The Balaban J connectivity index is -0.0000000150. The standard InChI is InChI=1S/4C2H4O2.Na.3H2O.H/c4*1-2(3)4;;;;;/h4*1H3,(H,3,4);;3*1H2;. The van der Waals surface area contributed by atoms with Gasteiger partial charge in [0.05, 0.1) is 0 Å². The van der Waals surface area contributed by atoms with Crippen LogP contribution in [0.4, 0.5) is 0 Å². The van der Waals surface area contributed by atoms with Gasteiger partial charge in [0.1, 0.15) is 0 Å². The first-order chi connectivity index (χ1) is 6.93. The van der Waals surface area contributed by atoms with Gasteiger partial charge in [0, 0.05) is 27.7 Å². The van der Waals surface area contributed by atoms with E-state index in [1.807, 2.05) is 0 Å². The van der Waals surface area contributed by atoms with E-state index in [0.717, 1.165) is 27.7 Å². The number of hydrogen-bond donors (Lipinski definition) is 4. The van der Waals surface area contributed by atoms with Crippen LogP contribution in [0.3, 0.4) is 0 Å². The van der Waals surface area contributed by atoms with E-state index in [1.54, 1.807) is 0 Å². The molecule has 0 amide bonds. The molecule has 10 N–H and O–H groups in total. The van der Waals surface area contributed by atoms with Crippen LogP contribution in [0.1, 0.15) is 27.7 Å². The Morgan fingerprint density at radius 3 is 0.500 bits per heavy atom. The van der Waals surface area contributed by atoms with Crippen LogP contribution in [0.25, 0.3) is 0 Å². The van der Waals surface area contributed by atoms with Crippen LogP contribution in [0.2, 0.25) is 0 Å². The fourth-order valence-corrected chi connectivity index (χ4v) is 0. The van der Waals surface area contributed by atoms with Crippen LogP contribution in [0, 0.1) is 0 Å². The third kappa shape index (κ3) is 2710. The molecule has 122 valence electrons. The number of carboxylic acids is 4. The first-order valence-corrected chi connectivity index (χ1v) is 3.71. The van der Waals surface area contributed by atoms with E-state index >= 15 is 0 Å². The van der Waals surface area contributed by atoms with E-state index in [4.69, 9.17) is 39.6 Å². The summed E-state index contributed by atoms with van der Waals surface area (Å²) in [5, 5.41) is 29.7. The normalized spacial score (nSPS) is 5.00. The predicted molar refractivity (Wildman–Crippen MR) is 71.2 cm³/mol. The second-order valence-corrected chi connectivity index (χ2v) is 2.08. The van der Waals surface area contributed by atoms with Crippen molar-refractivity contribution in [3.05, 3.63) is 0 Å². The molecule has 12 heteroatoms. The Morgan fingerprint density at radius 2 is 0.500 bits per heavy atom. The van der Waals surface area contributed by atoms with Gasteiger partial charge in [-0.1, -0.05) is 0 Å². The molecule has 20 heavy (non-hydrogen) atoms. The number of rotatable bonds is 0. The summed E-state index contributed by atoms with van der Waals surface area (Å²) in [5.41, 5.74) is 0. The van der Waals surface area contributed by atoms with E-state index in [1.165, 1.54) is 0 Å². The van der Waals surface area contributed by atoms with Crippen molar-refractivity contribution in [3.8, 4) is 0 Å². The summed E-state index contributed by atoms with van der Waals surface area (Å²) >= 11 is 0. The molecule has 0 saturated heterocycles. The van der Waals surface area contributed by atoms with Crippen molar-refractivity contribution in [1.29, 1.82) is 0 Å². The zero-order valence-corrected chi connectivity index (χ0v) is 10.9. The van der Waals surface area contributed by atoms with Gasteiger partial charge in [0.2, 0.25) is 0 Å². The first kappa shape index (κ1) is 51.1. The summed E-state index contributed by atoms with van der Waals surface area (Å²) in [6, 6.07) is 0. The fraction of sp³-hybridized carbons (Fsp3) is 0.500. The molecule has 0 aromatic rings. The van der Waals surface area contributed by atoms with Crippen LogP contribution in [0.5, 0.6) is 0 Å². The van der Waals surface area contributed by atoms with Crippen molar-refractivity contribution in [2.45, 2.75) is 27.7 Å². The minimum atomic E-state index is -0.833. The summed E-state index contributed by atoms with van der Waals surface area (Å²) in [7, 11) is 0. The average molecular weight is 318 g/mol. The molecule has 0 aromatic heterocycles. The molecule has 0 fully saturated rings. The van der Waals surface area contributed by atoms with Gasteiger partial charge in [-0.25, -0.2) is 0 Å². The van der Waals surface area contributed by atoms with Gasteiger partial charge in [-0.05, 0) is 0 Å². The van der Waals surface area contributed by atoms with Gasteiger partial charge in [-0.15, -0.1) is 0 Å². The Kier molecular flexibility index (Phi) is 110. The molecule has 0 heterocycles. The maximum atomic E-state index is 9.00. The van der Waals surface area contributed by atoms with Gasteiger partial charge in [-0.3, -0.25) is 19.2 Å². The van der Waals surface area contributed by atoms with Crippen molar-refractivity contribution in [2.24, 2.45) is 0 Å². The van der Waals surface area contributed by atoms with E-state index in [-0.39, 0.29) is 46.0 Å². The second-order valence-electron chi connectivity index (χ2n) is 2.08. The van der Waals surface area contributed by atoms with Gasteiger partial charge in [0.15, 0.2) is 0 Å². The maximum absolute atomic E-state index is 9.00. The van der Waals surface area contributed by atoms with Crippen LogP contribution < -0.4 is 0 Å². The molecule has 0 spiro atoms. The van der Waals surface area contributed by atoms with Crippen molar-refractivity contribution >= 4 is 53.4 Å². The number of aliphatic carboxylic acids is 4. The van der Waals surface area contributed by atoms with Crippen molar-refractivity contribution in [3.63, 3.8) is 0 Å². The molecule has 0 bridgehead atoms. The SMILES string of the molecule is CC(=O)O.CC(=O)O.CC(=O)O.CC(=O)O.O.O.O.[NaH]. The number of carbonyl (C=O) groups is 4. The van der Waals surface area contributed by atoms with E-state index < -0.39 is 23.9 Å². The Labute approximate surface area is 137 Å². The first-order valence-electron chi connectivity index (χ1n) is 3.71. The molecule has 0 saturated carbocycles. The summed E-state index contributed by atoms with van der Waals surface area (Å²) in [5.74, 6) is -3.33. The zero-order chi connectivity index (χ0) is 14.3. The quantitative estimate of drug-likeness (QED) is 0.340. The van der Waals surface area contributed by atoms with Gasteiger partial charge in [-0.2, -0.15) is 0 Å². The molecule has 0 aliphatic heterocycles. The number of hydrogen-bond acceptors (Lipinski definition) is 4. The molecule has 0 aliphatic rings. The van der Waals surface area contributed by atoms with Gasteiger partial charge >= 0.3 is 29.6 Å². The van der Waals surface area contributed by atoms with Crippen molar-refractivity contribution in [2.75, 3.05) is 0 Å². The summed E-state index contributed by atoms with van der Waals surface area (Å²) < 4.78 is 0. The summed E-state index contributed by atoms with van der Waals surface area (Å²) in [6.07, 6.45) is 0. The molecule has 0 aliphatic carbocycles. The summed E-state index contributed by atoms with van der Waals surface area (Å²) in [6.45, 7) is 4.33. The van der Waals surface area contributed by atoms with E-state index in [0.29, 0.717) is 0 Å². The summed E-state index contributed by atoms with van der Waals surface area (Å²) in [4.78, 5) is 36.0. The molecule has 0 atom stereocenters. The van der Waals surface area contributed by atoms with Crippen LogP contribution in [0.15, 0.2) is 0 Å². The third-order valence-electron chi connectivity index (χ3n) is 0. The molecule has 0 aromatic carbocycles. The molecule has 0 rings (SSSR count). The molecular formula is C8H23NaO11. The van der Waals surface area contributed by atoms with Gasteiger partial charge < -0.3 is 36.9 Å². The monoisotopic (exact) mass is 318 g/mol.